The van der Waals surface area contributed by atoms with Crippen LogP contribution in [0.25, 0.3) is 0 Å². The molecule has 0 unspecified atom stereocenters. The molecule has 0 aliphatic carbocycles. The summed E-state index contributed by atoms with van der Waals surface area (Å²) in [7, 11) is 3.90. The van der Waals surface area contributed by atoms with E-state index in [9.17, 15) is 4.79 Å². The highest BCUT2D eigenvalue weighted by Crippen LogP contribution is 2.19. The fourth-order valence-corrected chi connectivity index (χ4v) is 1.70. The Balaban J connectivity index is 2.77. The SMILES string of the molecule is CN(C)Cc1nc(OC(=O)NC(C)(C)C)ccc1Br. The van der Waals surface area contributed by atoms with Gasteiger partial charge in [-0.3, -0.25) is 0 Å². The molecule has 0 saturated heterocycles. The van der Waals surface area contributed by atoms with E-state index in [1.807, 2.05) is 45.8 Å². The van der Waals surface area contributed by atoms with Gasteiger partial charge < -0.3 is 15.0 Å². The number of hydrogen-bond acceptors (Lipinski definition) is 4. The number of rotatable bonds is 3. The molecule has 19 heavy (non-hydrogen) atoms. The lowest BCUT2D eigenvalue weighted by Gasteiger charge is -2.19. The molecular weight excluding hydrogens is 310 g/mol. The van der Waals surface area contributed by atoms with Gasteiger partial charge in [-0.1, -0.05) is 0 Å². The van der Waals surface area contributed by atoms with E-state index in [0.29, 0.717) is 12.4 Å². The van der Waals surface area contributed by atoms with Crippen molar-refractivity contribution in [3.8, 4) is 5.88 Å². The van der Waals surface area contributed by atoms with Crippen LogP contribution in [0, 0.1) is 0 Å². The van der Waals surface area contributed by atoms with Crippen molar-refractivity contribution in [1.82, 2.24) is 15.2 Å². The summed E-state index contributed by atoms with van der Waals surface area (Å²) in [4.78, 5) is 18.0. The first kappa shape index (κ1) is 15.9. The van der Waals surface area contributed by atoms with Crippen molar-refractivity contribution in [3.63, 3.8) is 0 Å². The number of amides is 1. The first-order valence-corrected chi connectivity index (χ1v) is 6.77. The van der Waals surface area contributed by atoms with E-state index in [0.717, 1.165) is 10.2 Å². The number of nitrogens with zero attached hydrogens (tertiary/aromatic N) is 2. The third-order valence-corrected chi connectivity index (χ3v) is 2.76. The lowest BCUT2D eigenvalue weighted by molar-refractivity contribution is 0.188. The van der Waals surface area contributed by atoms with Crippen LogP contribution in [-0.4, -0.2) is 35.6 Å². The van der Waals surface area contributed by atoms with Gasteiger partial charge in [-0.2, -0.15) is 0 Å². The maximum absolute atomic E-state index is 11.7. The number of halogens is 1. The lowest BCUT2D eigenvalue weighted by atomic mass is 10.1. The van der Waals surface area contributed by atoms with Gasteiger partial charge in [0.25, 0.3) is 0 Å². The smallest absolute Gasteiger partial charge is 0.391 e. The van der Waals surface area contributed by atoms with Crippen LogP contribution in [0.2, 0.25) is 0 Å². The summed E-state index contributed by atoms with van der Waals surface area (Å²) in [6, 6.07) is 3.48. The second-order valence-corrected chi connectivity index (χ2v) is 6.43. The average Bonchev–Trinajstić information content (AvgIpc) is 2.19. The van der Waals surface area contributed by atoms with Gasteiger partial charge in [0.05, 0.1) is 5.69 Å². The van der Waals surface area contributed by atoms with Crippen molar-refractivity contribution < 1.29 is 9.53 Å². The van der Waals surface area contributed by atoms with Crippen LogP contribution >= 0.6 is 15.9 Å². The molecule has 1 rings (SSSR count). The Morgan fingerprint density at radius 3 is 2.58 bits per heavy atom. The van der Waals surface area contributed by atoms with E-state index < -0.39 is 6.09 Å². The van der Waals surface area contributed by atoms with Gasteiger partial charge in [0.1, 0.15) is 0 Å². The molecule has 1 amide bonds. The molecule has 0 atom stereocenters. The summed E-state index contributed by atoms with van der Waals surface area (Å²) in [6.45, 7) is 6.33. The first-order valence-electron chi connectivity index (χ1n) is 5.97. The molecule has 6 heteroatoms. The van der Waals surface area contributed by atoms with E-state index in [1.54, 1.807) is 6.07 Å². The first-order chi connectivity index (χ1) is 8.67. The van der Waals surface area contributed by atoms with Crippen molar-refractivity contribution in [1.29, 1.82) is 0 Å². The fourth-order valence-electron chi connectivity index (χ4n) is 1.36. The van der Waals surface area contributed by atoms with Gasteiger partial charge in [0.2, 0.25) is 5.88 Å². The van der Waals surface area contributed by atoms with Crippen LogP contribution in [0.1, 0.15) is 26.5 Å². The molecule has 1 aromatic heterocycles. The zero-order valence-corrected chi connectivity index (χ0v) is 13.5. The zero-order chi connectivity index (χ0) is 14.6. The largest absolute Gasteiger partial charge is 0.414 e. The summed E-state index contributed by atoms with van der Waals surface area (Å²) in [6.07, 6.45) is -0.502. The predicted octanol–water partition coefficient (Wildman–Crippen LogP) is 2.79. The number of pyridine rings is 1. The number of ether oxygens (including phenoxy) is 1. The molecule has 0 fully saturated rings. The van der Waals surface area contributed by atoms with Crippen molar-refractivity contribution in [3.05, 3.63) is 22.3 Å². The summed E-state index contributed by atoms with van der Waals surface area (Å²) in [5.41, 5.74) is 0.491. The van der Waals surface area contributed by atoms with Crippen LogP contribution in [0.15, 0.2) is 16.6 Å². The summed E-state index contributed by atoms with van der Waals surface area (Å²) in [5, 5.41) is 2.72. The molecule has 1 N–H and O–H groups in total. The molecule has 1 aromatic rings. The molecule has 0 aliphatic heterocycles. The molecule has 5 nitrogen and oxygen atoms in total. The Hall–Kier alpha value is -1.14. The minimum atomic E-state index is -0.502. The highest BCUT2D eigenvalue weighted by Gasteiger charge is 2.16. The molecule has 0 spiro atoms. The van der Waals surface area contributed by atoms with Crippen LogP contribution in [0.3, 0.4) is 0 Å². The Morgan fingerprint density at radius 1 is 1.42 bits per heavy atom. The average molecular weight is 330 g/mol. The second-order valence-electron chi connectivity index (χ2n) is 5.58. The molecule has 0 aliphatic rings. The van der Waals surface area contributed by atoms with E-state index in [4.69, 9.17) is 4.74 Å². The second kappa shape index (κ2) is 6.34. The van der Waals surface area contributed by atoms with Gasteiger partial charge in [0, 0.05) is 22.6 Å². The number of hydrogen-bond donors (Lipinski definition) is 1. The zero-order valence-electron chi connectivity index (χ0n) is 12.0. The van der Waals surface area contributed by atoms with Crippen LogP contribution in [0.5, 0.6) is 5.88 Å². The van der Waals surface area contributed by atoms with Crippen LogP contribution in [0.4, 0.5) is 4.79 Å². The standard InChI is InChI=1S/C13H20BrN3O2/c1-13(2,3)16-12(18)19-11-7-6-9(14)10(15-11)8-17(4)5/h6-7H,8H2,1-5H3,(H,16,18). The molecule has 0 saturated carbocycles. The van der Waals surface area contributed by atoms with Crippen molar-refractivity contribution in [2.24, 2.45) is 0 Å². The minimum absolute atomic E-state index is 0.293. The van der Waals surface area contributed by atoms with Crippen molar-refractivity contribution in [2.75, 3.05) is 14.1 Å². The summed E-state index contributed by atoms with van der Waals surface area (Å²) < 4.78 is 6.06. The predicted molar refractivity (Wildman–Crippen MR) is 78.2 cm³/mol. The fraction of sp³-hybridized carbons (Fsp3) is 0.538. The van der Waals surface area contributed by atoms with Crippen LogP contribution < -0.4 is 10.1 Å². The van der Waals surface area contributed by atoms with Crippen LogP contribution in [-0.2, 0) is 6.54 Å². The monoisotopic (exact) mass is 329 g/mol. The molecule has 106 valence electrons. The van der Waals surface area contributed by atoms with E-state index >= 15 is 0 Å². The molecular formula is C13H20BrN3O2. The van der Waals surface area contributed by atoms with Gasteiger partial charge >= 0.3 is 6.09 Å². The highest BCUT2D eigenvalue weighted by atomic mass is 79.9. The number of carbonyl (C=O) groups excluding carboxylic acids is 1. The van der Waals surface area contributed by atoms with Gasteiger partial charge in [-0.25, -0.2) is 9.78 Å². The van der Waals surface area contributed by atoms with Crippen molar-refractivity contribution >= 4 is 22.0 Å². The topological polar surface area (TPSA) is 54.5 Å². The third-order valence-electron chi connectivity index (χ3n) is 2.03. The Morgan fingerprint density at radius 2 is 2.05 bits per heavy atom. The maximum Gasteiger partial charge on any atom is 0.414 e. The normalized spacial score (nSPS) is 11.5. The summed E-state index contributed by atoms with van der Waals surface area (Å²) >= 11 is 3.43. The van der Waals surface area contributed by atoms with Gasteiger partial charge in [-0.15, -0.1) is 0 Å². The number of nitrogens with one attached hydrogen (secondary N) is 1. The number of carbonyl (C=O) groups is 1. The van der Waals surface area contributed by atoms with Gasteiger partial charge in [-0.05, 0) is 56.9 Å². The van der Waals surface area contributed by atoms with Crippen molar-refractivity contribution in [2.45, 2.75) is 32.9 Å². The maximum atomic E-state index is 11.7. The Bertz CT molecular complexity index is 456. The Labute approximate surface area is 122 Å². The minimum Gasteiger partial charge on any atom is -0.391 e. The molecule has 0 aromatic carbocycles. The van der Waals surface area contributed by atoms with E-state index in [2.05, 4.69) is 26.2 Å². The molecule has 0 radical (unpaired) electrons. The highest BCUT2D eigenvalue weighted by molar-refractivity contribution is 9.10. The summed E-state index contributed by atoms with van der Waals surface area (Å²) in [5.74, 6) is 0.293. The number of aromatic nitrogens is 1. The lowest BCUT2D eigenvalue weighted by Crippen LogP contribution is -2.42. The van der Waals surface area contributed by atoms with Gasteiger partial charge in [0.15, 0.2) is 0 Å². The molecule has 1 heterocycles. The molecule has 0 bridgehead atoms. The third kappa shape index (κ3) is 6.02. The van der Waals surface area contributed by atoms with E-state index in [-0.39, 0.29) is 5.54 Å². The quantitative estimate of drug-likeness (QED) is 0.926. The van der Waals surface area contributed by atoms with E-state index in [1.165, 1.54) is 0 Å². The Kier molecular flexibility index (Phi) is 5.31.